The number of amides is 2. The van der Waals surface area contributed by atoms with Gasteiger partial charge in [0.25, 0.3) is 0 Å². The van der Waals surface area contributed by atoms with Crippen molar-refractivity contribution in [2.45, 2.75) is 26.0 Å². The topological polar surface area (TPSA) is 49.9 Å². The van der Waals surface area contributed by atoms with E-state index < -0.39 is 11.6 Å². The van der Waals surface area contributed by atoms with Crippen LogP contribution in [-0.4, -0.2) is 47.5 Å². The van der Waals surface area contributed by atoms with Crippen molar-refractivity contribution in [1.29, 1.82) is 0 Å². The van der Waals surface area contributed by atoms with Crippen molar-refractivity contribution in [2.75, 3.05) is 20.1 Å². The molecular weight excluding hydrogens is 256 g/mol. The SMILES string of the molecule is CN1CCN(C(=O)OCc2ccccc2)C(C)(C)C1=O. The van der Waals surface area contributed by atoms with Crippen LogP contribution in [0.4, 0.5) is 4.79 Å². The van der Waals surface area contributed by atoms with Crippen molar-refractivity contribution in [2.24, 2.45) is 0 Å². The first kappa shape index (κ1) is 14.4. The number of piperazine rings is 1. The second-order valence-corrected chi connectivity index (χ2v) is 5.48. The van der Waals surface area contributed by atoms with Crippen molar-refractivity contribution in [1.82, 2.24) is 9.80 Å². The molecule has 5 heteroatoms. The van der Waals surface area contributed by atoms with Gasteiger partial charge in [0.05, 0.1) is 0 Å². The van der Waals surface area contributed by atoms with E-state index in [9.17, 15) is 9.59 Å². The van der Waals surface area contributed by atoms with Crippen molar-refractivity contribution >= 4 is 12.0 Å². The molecule has 1 aromatic rings. The van der Waals surface area contributed by atoms with Crippen LogP contribution in [-0.2, 0) is 16.1 Å². The minimum absolute atomic E-state index is 0.0691. The van der Waals surface area contributed by atoms with E-state index in [2.05, 4.69) is 0 Å². The summed E-state index contributed by atoms with van der Waals surface area (Å²) in [6, 6.07) is 9.49. The monoisotopic (exact) mass is 276 g/mol. The number of benzene rings is 1. The van der Waals surface area contributed by atoms with Crippen LogP contribution in [0.1, 0.15) is 19.4 Å². The van der Waals surface area contributed by atoms with E-state index in [-0.39, 0.29) is 12.5 Å². The Morgan fingerprint density at radius 2 is 1.90 bits per heavy atom. The summed E-state index contributed by atoms with van der Waals surface area (Å²) in [4.78, 5) is 27.4. The molecule has 0 saturated carbocycles. The lowest BCUT2D eigenvalue weighted by Gasteiger charge is -2.43. The predicted octanol–water partition coefficient (Wildman–Crippen LogP) is 1.88. The molecule has 1 aliphatic heterocycles. The van der Waals surface area contributed by atoms with Gasteiger partial charge in [-0.2, -0.15) is 0 Å². The molecule has 2 rings (SSSR count). The summed E-state index contributed by atoms with van der Waals surface area (Å²) in [7, 11) is 1.75. The molecule has 2 amide bonds. The molecule has 1 aromatic carbocycles. The Hall–Kier alpha value is -2.04. The zero-order chi connectivity index (χ0) is 14.8. The van der Waals surface area contributed by atoms with E-state index in [1.54, 1.807) is 25.8 Å². The van der Waals surface area contributed by atoms with Gasteiger partial charge in [0.1, 0.15) is 12.1 Å². The third-order valence-electron chi connectivity index (χ3n) is 3.63. The molecule has 0 atom stereocenters. The van der Waals surface area contributed by atoms with Gasteiger partial charge in [-0.3, -0.25) is 9.69 Å². The van der Waals surface area contributed by atoms with Crippen molar-refractivity contribution in [3.8, 4) is 0 Å². The normalized spacial score (nSPS) is 18.1. The minimum Gasteiger partial charge on any atom is -0.445 e. The second kappa shape index (κ2) is 5.53. The molecule has 0 aliphatic carbocycles. The van der Waals surface area contributed by atoms with Crippen molar-refractivity contribution in [3.63, 3.8) is 0 Å². The molecule has 1 fully saturated rings. The van der Waals surface area contributed by atoms with Crippen LogP contribution in [0.15, 0.2) is 30.3 Å². The van der Waals surface area contributed by atoms with Gasteiger partial charge in [-0.15, -0.1) is 0 Å². The Bertz CT molecular complexity index is 499. The van der Waals surface area contributed by atoms with Gasteiger partial charge in [-0.1, -0.05) is 30.3 Å². The van der Waals surface area contributed by atoms with Gasteiger partial charge in [0, 0.05) is 20.1 Å². The third kappa shape index (κ3) is 2.76. The van der Waals surface area contributed by atoms with Crippen LogP contribution >= 0.6 is 0 Å². The van der Waals surface area contributed by atoms with E-state index in [0.29, 0.717) is 13.1 Å². The molecule has 20 heavy (non-hydrogen) atoms. The lowest BCUT2D eigenvalue weighted by molar-refractivity contribution is -0.145. The lowest BCUT2D eigenvalue weighted by atomic mass is 9.98. The summed E-state index contributed by atoms with van der Waals surface area (Å²) >= 11 is 0. The second-order valence-electron chi connectivity index (χ2n) is 5.48. The molecular formula is C15H20N2O3. The van der Waals surface area contributed by atoms with Gasteiger partial charge in [0.15, 0.2) is 0 Å². The molecule has 0 spiro atoms. The largest absolute Gasteiger partial charge is 0.445 e. The molecule has 1 saturated heterocycles. The highest BCUT2D eigenvalue weighted by molar-refractivity contribution is 5.90. The first-order chi connectivity index (χ1) is 9.43. The van der Waals surface area contributed by atoms with Crippen LogP contribution < -0.4 is 0 Å². The number of carbonyl (C=O) groups is 2. The first-order valence-electron chi connectivity index (χ1n) is 6.67. The number of carbonyl (C=O) groups excluding carboxylic acids is 2. The highest BCUT2D eigenvalue weighted by Crippen LogP contribution is 2.22. The van der Waals surface area contributed by atoms with Crippen molar-refractivity contribution < 1.29 is 14.3 Å². The average Bonchev–Trinajstić information content (AvgIpc) is 2.43. The molecule has 0 unspecified atom stereocenters. The average molecular weight is 276 g/mol. The Balaban J connectivity index is 2.00. The molecule has 5 nitrogen and oxygen atoms in total. The molecule has 1 aliphatic rings. The lowest BCUT2D eigenvalue weighted by Crippen LogP contribution is -2.63. The van der Waals surface area contributed by atoms with Crippen LogP contribution in [0.2, 0.25) is 0 Å². The summed E-state index contributed by atoms with van der Waals surface area (Å²) < 4.78 is 5.30. The van der Waals surface area contributed by atoms with Gasteiger partial charge in [-0.25, -0.2) is 4.79 Å². The molecule has 0 aromatic heterocycles. The number of rotatable bonds is 2. The highest BCUT2D eigenvalue weighted by Gasteiger charge is 2.43. The number of likely N-dealkylation sites (N-methyl/N-ethyl adjacent to an activating group) is 1. The summed E-state index contributed by atoms with van der Waals surface area (Å²) in [5, 5.41) is 0. The maximum atomic E-state index is 12.2. The maximum Gasteiger partial charge on any atom is 0.411 e. The number of hydrogen-bond acceptors (Lipinski definition) is 3. The maximum absolute atomic E-state index is 12.2. The number of hydrogen-bond donors (Lipinski definition) is 0. The Labute approximate surface area is 119 Å². The fourth-order valence-electron chi connectivity index (χ4n) is 2.33. The van der Waals surface area contributed by atoms with E-state index in [1.165, 1.54) is 4.90 Å². The van der Waals surface area contributed by atoms with Gasteiger partial charge < -0.3 is 9.64 Å². The standard InChI is InChI=1S/C15H20N2O3/c1-15(2)13(18)16(3)9-10-17(15)14(19)20-11-12-7-5-4-6-8-12/h4-8H,9-11H2,1-3H3. The zero-order valence-electron chi connectivity index (χ0n) is 12.1. The third-order valence-corrected chi connectivity index (χ3v) is 3.63. The highest BCUT2D eigenvalue weighted by atomic mass is 16.6. The predicted molar refractivity (Wildman–Crippen MR) is 75.0 cm³/mol. The van der Waals surface area contributed by atoms with Crippen LogP contribution in [0, 0.1) is 0 Å². The number of ether oxygens (including phenoxy) is 1. The molecule has 1 heterocycles. The van der Waals surface area contributed by atoms with Crippen LogP contribution in [0.3, 0.4) is 0 Å². The number of nitrogens with zero attached hydrogens (tertiary/aromatic N) is 2. The van der Waals surface area contributed by atoms with E-state index >= 15 is 0 Å². The molecule has 0 bridgehead atoms. The Morgan fingerprint density at radius 1 is 1.25 bits per heavy atom. The van der Waals surface area contributed by atoms with Crippen LogP contribution in [0.25, 0.3) is 0 Å². The van der Waals surface area contributed by atoms with Crippen molar-refractivity contribution in [3.05, 3.63) is 35.9 Å². The molecule has 0 radical (unpaired) electrons. The summed E-state index contributed by atoms with van der Waals surface area (Å²) in [5.41, 5.74) is 0.0694. The molecule has 0 N–H and O–H groups in total. The Morgan fingerprint density at radius 3 is 2.55 bits per heavy atom. The molecule has 108 valence electrons. The smallest absolute Gasteiger partial charge is 0.411 e. The Kier molecular flexibility index (Phi) is 3.97. The summed E-state index contributed by atoms with van der Waals surface area (Å²) in [6.07, 6.45) is -0.444. The first-order valence-corrected chi connectivity index (χ1v) is 6.67. The van der Waals surface area contributed by atoms with Crippen LogP contribution in [0.5, 0.6) is 0 Å². The van der Waals surface area contributed by atoms with Gasteiger partial charge in [0.2, 0.25) is 5.91 Å². The van der Waals surface area contributed by atoms with E-state index in [4.69, 9.17) is 4.74 Å². The zero-order valence-corrected chi connectivity index (χ0v) is 12.1. The van der Waals surface area contributed by atoms with E-state index in [1.807, 2.05) is 30.3 Å². The summed E-state index contributed by atoms with van der Waals surface area (Å²) in [6.45, 7) is 4.73. The summed E-state index contributed by atoms with van der Waals surface area (Å²) in [5.74, 6) is -0.0691. The van der Waals surface area contributed by atoms with Gasteiger partial charge in [-0.05, 0) is 19.4 Å². The minimum atomic E-state index is -0.860. The quantitative estimate of drug-likeness (QED) is 0.828. The fraction of sp³-hybridized carbons (Fsp3) is 0.467. The fourth-order valence-corrected chi connectivity index (χ4v) is 2.33. The van der Waals surface area contributed by atoms with Gasteiger partial charge >= 0.3 is 6.09 Å². The van der Waals surface area contributed by atoms with E-state index in [0.717, 1.165) is 5.56 Å².